The van der Waals surface area contributed by atoms with Crippen molar-refractivity contribution in [1.82, 2.24) is 9.97 Å². The number of nitrogens with one attached hydrogen (secondary N) is 1. The summed E-state index contributed by atoms with van der Waals surface area (Å²) in [5.74, 6) is 0.222. The SMILES string of the molecule is Cc1cc(Oc2ncnc(Nc3ccc(Cl)cc3C)c2[N+](=O)[O-])ccc1Cl. The highest BCUT2D eigenvalue weighted by Gasteiger charge is 2.25. The minimum atomic E-state index is -0.592. The van der Waals surface area contributed by atoms with Gasteiger partial charge in [-0.3, -0.25) is 10.1 Å². The first-order chi connectivity index (χ1) is 12.8. The van der Waals surface area contributed by atoms with Crippen LogP contribution in [0.5, 0.6) is 11.6 Å². The molecule has 0 spiro atoms. The predicted molar refractivity (Wildman–Crippen MR) is 104 cm³/mol. The Kier molecular flexibility index (Phi) is 5.43. The van der Waals surface area contributed by atoms with E-state index in [9.17, 15) is 10.1 Å². The Labute approximate surface area is 165 Å². The molecule has 0 atom stereocenters. The molecule has 0 aliphatic carbocycles. The van der Waals surface area contributed by atoms with Crippen molar-refractivity contribution in [1.29, 1.82) is 0 Å². The molecule has 0 fully saturated rings. The number of hydrogen-bond donors (Lipinski definition) is 1. The van der Waals surface area contributed by atoms with Gasteiger partial charge in [-0.2, -0.15) is 4.98 Å². The second-order valence-electron chi connectivity index (χ2n) is 5.73. The molecule has 7 nitrogen and oxygen atoms in total. The van der Waals surface area contributed by atoms with Crippen LogP contribution < -0.4 is 10.1 Å². The summed E-state index contributed by atoms with van der Waals surface area (Å²) in [4.78, 5) is 19.0. The fourth-order valence-electron chi connectivity index (χ4n) is 2.38. The van der Waals surface area contributed by atoms with Crippen molar-refractivity contribution < 1.29 is 9.66 Å². The molecule has 3 rings (SSSR count). The highest BCUT2D eigenvalue weighted by atomic mass is 35.5. The van der Waals surface area contributed by atoms with E-state index in [0.29, 0.717) is 21.5 Å². The van der Waals surface area contributed by atoms with Gasteiger partial charge in [0.05, 0.1) is 4.92 Å². The predicted octanol–water partition coefficient (Wildman–Crippen LogP) is 5.84. The van der Waals surface area contributed by atoms with Gasteiger partial charge < -0.3 is 10.1 Å². The van der Waals surface area contributed by atoms with Crippen LogP contribution in [0.4, 0.5) is 17.2 Å². The first kappa shape index (κ1) is 18.9. The van der Waals surface area contributed by atoms with Gasteiger partial charge in [0.25, 0.3) is 0 Å². The summed E-state index contributed by atoms with van der Waals surface area (Å²) < 4.78 is 5.62. The maximum absolute atomic E-state index is 11.6. The van der Waals surface area contributed by atoms with Crippen LogP contribution in [0.1, 0.15) is 11.1 Å². The monoisotopic (exact) mass is 404 g/mol. The van der Waals surface area contributed by atoms with Gasteiger partial charge in [0.2, 0.25) is 5.82 Å². The van der Waals surface area contributed by atoms with Crippen molar-refractivity contribution in [3.63, 3.8) is 0 Å². The van der Waals surface area contributed by atoms with Gasteiger partial charge >= 0.3 is 11.6 Å². The fraction of sp³-hybridized carbons (Fsp3) is 0.111. The quantitative estimate of drug-likeness (QED) is 0.423. The number of rotatable bonds is 5. The molecule has 0 aliphatic heterocycles. The van der Waals surface area contributed by atoms with Gasteiger partial charge in [0.1, 0.15) is 12.1 Å². The largest absolute Gasteiger partial charge is 0.434 e. The standard InChI is InChI=1S/C18H14Cl2N4O3/c1-10-8-13(4-5-14(10)20)27-18-16(24(25)26)17(21-9-22-18)23-15-6-3-12(19)7-11(15)2/h3-9H,1-2H3,(H,21,22,23). The van der Waals surface area contributed by atoms with E-state index in [1.807, 2.05) is 6.92 Å². The Morgan fingerprint density at radius 2 is 1.85 bits per heavy atom. The van der Waals surface area contributed by atoms with E-state index in [4.69, 9.17) is 27.9 Å². The lowest BCUT2D eigenvalue weighted by molar-refractivity contribution is -0.385. The minimum Gasteiger partial charge on any atom is -0.434 e. The van der Waals surface area contributed by atoms with Crippen LogP contribution in [0.25, 0.3) is 0 Å². The smallest absolute Gasteiger partial charge is 0.373 e. The highest BCUT2D eigenvalue weighted by Crippen LogP contribution is 2.36. The number of halogens is 2. The maximum Gasteiger partial charge on any atom is 0.373 e. The Morgan fingerprint density at radius 3 is 2.52 bits per heavy atom. The second kappa shape index (κ2) is 7.77. The van der Waals surface area contributed by atoms with Crippen molar-refractivity contribution in [3.8, 4) is 11.6 Å². The molecule has 0 unspecified atom stereocenters. The number of hydrogen-bond acceptors (Lipinski definition) is 6. The molecule has 3 aromatic rings. The van der Waals surface area contributed by atoms with Gasteiger partial charge in [0.15, 0.2) is 0 Å². The van der Waals surface area contributed by atoms with E-state index >= 15 is 0 Å². The van der Waals surface area contributed by atoms with Crippen LogP contribution in [0.15, 0.2) is 42.7 Å². The van der Waals surface area contributed by atoms with Crippen LogP contribution in [0.3, 0.4) is 0 Å². The zero-order chi connectivity index (χ0) is 19.6. The molecule has 9 heteroatoms. The summed E-state index contributed by atoms with van der Waals surface area (Å²) in [5.41, 5.74) is 1.85. The second-order valence-corrected chi connectivity index (χ2v) is 6.57. The molecule has 27 heavy (non-hydrogen) atoms. The first-order valence-corrected chi connectivity index (χ1v) is 8.57. The normalized spacial score (nSPS) is 10.5. The first-order valence-electron chi connectivity index (χ1n) is 7.81. The van der Waals surface area contributed by atoms with E-state index in [0.717, 1.165) is 11.1 Å². The fourth-order valence-corrected chi connectivity index (χ4v) is 2.72. The number of ether oxygens (including phenoxy) is 1. The molecule has 2 aromatic carbocycles. The van der Waals surface area contributed by atoms with Crippen LogP contribution >= 0.6 is 23.2 Å². The van der Waals surface area contributed by atoms with E-state index in [1.165, 1.54) is 6.33 Å². The third kappa shape index (κ3) is 4.27. The number of aryl methyl sites for hydroxylation is 2. The molecule has 1 heterocycles. The summed E-state index contributed by atoms with van der Waals surface area (Å²) in [7, 11) is 0. The van der Waals surface area contributed by atoms with Crippen molar-refractivity contribution in [3.05, 3.63) is 74.0 Å². The number of nitro groups is 1. The molecule has 138 valence electrons. The molecule has 0 saturated heterocycles. The number of anilines is 2. The zero-order valence-corrected chi connectivity index (χ0v) is 15.9. The molecule has 1 N–H and O–H groups in total. The topological polar surface area (TPSA) is 90.2 Å². The number of nitrogens with zero attached hydrogens (tertiary/aromatic N) is 3. The third-order valence-electron chi connectivity index (χ3n) is 3.76. The molecular formula is C18H14Cl2N4O3. The van der Waals surface area contributed by atoms with E-state index in [1.54, 1.807) is 43.3 Å². The summed E-state index contributed by atoms with van der Waals surface area (Å²) in [5, 5.41) is 15.7. The molecular weight excluding hydrogens is 391 g/mol. The summed E-state index contributed by atoms with van der Waals surface area (Å²) in [6.07, 6.45) is 1.19. The van der Waals surface area contributed by atoms with E-state index in [2.05, 4.69) is 15.3 Å². The lowest BCUT2D eigenvalue weighted by atomic mass is 10.2. The highest BCUT2D eigenvalue weighted by molar-refractivity contribution is 6.31. The summed E-state index contributed by atoms with van der Waals surface area (Å²) in [6.45, 7) is 3.63. The Balaban J connectivity index is 1.99. The number of benzene rings is 2. The van der Waals surface area contributed by atoms with Crippen LogP contribution in [0, 0.1) is 24.0 Å². The van der Waals surface area contributed by atoms with E-state index < -0.39 is 4.92 Å². The zero-order valence-electron chi connectivity index (χ0n) is 14.4. The lowest BCUT2D eigenvalue weighted by Crippen LogP contribution is -2.04. The van der Waals surface area contributed by atoms with Crippen molar-refractivity contribution >= 4 is 40.4 Å². The van der Waals surface area contributed by atoms with Gasteiger partial charge in [-0.15, -0.1) is 0 Å². The third-order valence-corrected chi connectivity index (χ3v) is 4.42. The van der Waals surface area contributed by atoms with Crippen molar-refractivity contribution in [2.24, 2.45) is 0 Å². The Morgan fingerprint density at radius 1 is 1.07 bits per heavy atom. The van der Waals surface area contributed by atoms with Gasteiger partial charge in [0, 0.05) is 15.7 Å². The average molecular weight is 405 g/mol. The molecule has 0 radical (unpaired) electrons. The van der Waals surface area contributed by atoms with Crippen molar-refractivity contribution in [2.45, 2.75) is 13.8 Å². The Bertz CT molecular complexity index is 1030. The van der Waals surface area contributed by atoms with Crippen LogP contribution in [0.2, 0.25) is 10.0 Å². The van der Waals surface area contributed by atoms with E-state index in [-0.39, 0.29) is 17.4 Å². The Hall–Kier alpha value is -2.90. The summed E-state index contributed by atoms with van der Waals surface area (Å²) in [6, 6.07) is 10.1. The van der Waals surface area contributed by atoms with Gasteiger partial charge in [-0.25, -0.2) is 4.98 Å². The average Bonchev–Trinajstić information content (AvgIpc) is 2.60. The van der Waals surface area contributed by atoms with Gasteiger partial charge in [-0.1, -0.05) is 23.2 Å². The summed E-state index contributed by atoms with van der Waals surface area (Å²) >= 11 is 11.9. The molecule has 1 aromatic heterocycles. The molecule has 0 aliphatic rings. The maximum atomic E-state index is 11.6. The molecule has 0 amide bonds. The minimum absolute atomic E-state index is 0.0149. The van der Waals surface area contributed by atoms with Crippen LogP contribution in [-0.2, 0) is 0 Å². The van der Waals surface area contributed by atoms with Gasteiger partial charge in [-0.05, 0) is 61.4 Å². The number of aromatic nitrogens is 2. The lowest BCUT2D eigenvalue weighted by Gasteiger charge is -2.11. The van der Waals surface area contributed by atoms with Crippen LogP contribution in [-0.4, -0.2) is 14.9 Å². The molecule has 0 bridgehead atoms. The van der Waals surface area contributed by atoms with Crippen molar-refractivity contribution in [2.75, 3.05) is 5.32 Å². The molecule has 0 saturated carbocycles.